The molecule has 0 aliphatic carbocycles. The van der Waals surface area contributed by atoms with Crippen molar-refractivity contribution in [2.24, 2.45) is 5.92 Å². The molecule has 1 aliphatic heterocycles. The van der Waals surface area contributed by atoms with E-state index in [1.165, 1.54) is 12.1 Å². The number of hydrogen-bond donors (Lipinski definition) is 3. The number of likely N-dealkylation sites (tertiary alicyclic amines) is 1. The minimum Gasteiger partial charge on any atom is -0.395 e. The normalized spacial score (nSPS) is 27.3. The van der Waals surface area contributed by atoms with Gasteiger partial charge in [-0.1, -0.05) is 13.8 Å². The molecule has 2 heterocycles. The van der Waals surface area contributed by atoms with Gasteiger partial charge in [0.15, 0.2) is 0 Å². The van der Waals surface area contributed by atoms with Crippen LogP contribution in [0, 0.1) is 11.7 Å². The van der Waals surface area contributed by atoms with Crippen LogP contribution in [0.5, 0.6) is 0 Å². The molecular formula is C18H24FN3O3. The smallest absolute Gasteiger partial charge is 0.123 e. The second-order valence-corrected chi connectivity index (χ2v) is 6.91. The van der Waals surface area contributed by atoms with Gasteiger partial charge in [0.1, 0.15) is 5.82 Å². The van der Waals surface area contributed by atoms with Crippen LogP contribution in [0.3, 0.4) is 0 Å². The molecule has 0 bridgehead atoms. The standard InChI is InChI=1S/C18H24FN3O3/c1-11(2)16-18(25)17(24)15(10-23)21(16)8-12-7-20-22(9-12)14-5-3-13(19)4-6-14/h3-7,9,11,15-18,23-25H,8,10H2,1-2H3/t15-,16+,17-,18+/m1/s1. The fourth-order valence-corrected chi connectivity index (χ4v) is 3.64. The van der Waals surface area contributed by atoms with Crippen LogP contribution < -0.4 is 0 Å². The molecule has 2 aromatic rings. The van der Waals surface area contributed by atoms with Gasteiger partial charge in [-0.15, -0.1) is 0 Å². The van der Waals surface area contributed by atoms with E-state index in [-0.39, 0.29) is 24.4 Å². The first-order chi connectivity index (χ1) is 11.9. The Morgan fingerprint density at radius 1 is 1.16 bits per heavy atom. The summed E-state index contributed by atoms with van der Waals surface area (Å²) < 4.78 is 14.7. The largest absolute Gasteiger partial charge is 0.395 e. The Morgan fingerprint density at radius 3 is 2.44 bits per heavy atom. The Bertz CT molecular complexity index is 704. The lowest BCUT2D eigenvalue weighted by Crippen LogP contribution is -2.43. The minimum absolute atomic E-state index is 0.119. The van der Waals surface area contributed by atoms with Crippen LogP contribution in [0.2, 0.25) is 0 Å². The number of benzene rings is 1. The predicted molar refractivity (Wildman–Crippen MR) is 90.6 cm³/mol. The predicted octanol–water partition coefficient (Wildman–Crippen LogP) is 0.934. The molecule has 1 fully saturated rings. The fraction of sp³-hybridized carbons (Fsp3) is 0.500. The summed E-state index contributed by atoms with van der Waals surface area (Å²) in [5.74, 6) is -0.185. The first-order valence-electron chi connectivity index (χ1n) is 8.44. The van der Waals surface area contributed by atoms with Crippen LogP contribution in [-0.4, -0.2) is 60.9 Å². The van der Waals surface area contributed by atoms with Crippen molar-refractivity contribution in [3.8, 4) is 5.69 Å². The lowest BCUT2D eigenvalue weighted by molar-refractivity contribution is 0.0145. The summed E-state index contributed by atoms with van der Waals surface area (Å²) in [6.45, 7) is 4.18. The quantitative estimate of drug-likeness (QED) is 0.748. The van der Waals surface area contributed by atoms with Crippen LogP contribution in [0.4, 0.5) is 4.39 Å². The number of aliphatic hydroxyl groups excluding tert-OH is 3. The molecule has 25 heavy (non-hydrogen) atoms. The lowest BCUT2D eigenvalue weighted by Gasteiger charge is -2.31. The van der Waals surface area contributed by atoms with E-state index in [4.69, 9.17) is 0 Å². The summed E-state index contributed by atoms with van der Waals surface area (Å²) in [5.41, 5.74) is 1.63. The maximum Gasteiger partial charge on any atom is 0.123 e. The zero-order valence-corrected chi connectivity index (χ0v) is 14.3. The number of nitrogens with zero attached hydrogens (tertiary/aromatic N) is 3. The molecule has 0 spiro atoms. The average molecular weight is 349 g/mol. The molecule has 136 valence electrons. The molecule has 3 rings (SSSR count). The maximum atomic E-state index is 13.0. The monoisotopic (exact) mass is 349 g/mol. The maximum absolute atomic E-state index is 13.0. The number of aromatic nitrogens is 2. The van der Waals surface area contributed by atoms with Gasteiger partial charge < -0.3 is 15.3 Å². The van der Waals surface area contributed by atoms with Gasteiger partial charge in [0, 0.05) is 24.3 Å². The molecule has 1 aromatic carbocycles. The second kappa shape index (κ2) is 7.21. The second-order valence-electron chi connectivity index (χ2n) is 6.91. The van der Waals surface area contributed by atoms with Crippen molar-refractivity contribution in [3.05, 3.63) is 48.0 Å². The van der Waals surface area contributed by atoms with Crippen LogP contribution in [0.1, 0.15) is 19.4 Å². The number of rotatable bonds is 5. The molecule has 0 saturated carbocycles. The van der Waals surface area contributed by atoms with Crippen molar-refractivity contribution in [2.45, 2.75) is 44.7 Å². The molecule has 3 N–H and O–H groups in total. The van der Waals surface area contributed by atoms with E-state index in [2.05, 4.69) is 5.10 Å². The molecule has 0 radical (unpaired) electrons. The Labute approximate surface area is 146 Å². The number of aliphatic hydroxyl groups is 3. The van der Waals surface area contributed by atoms with Crippen molar-refractivity contribution in [1.29, 1.82) is 0 Å². The van der Waals surface area contributed by atoms with Crippen LogP contribution >= 0.6 is 0 Å². The number of halogens is 1. The highest BCUT2D eigenvalue weighted by atomic mass is 19.1. The van der Waals surface area contributed by atoms with Gasteiger partial charge in [-0.2, -0.15) is 5.10 Å². The van der Waals surface area contributed by atoms with Crippen molar-refractivity contribution in [3.63, 3.8) is 0 Å². The third kappa shape index (κ3) is 3.46. The first-order valence-corrected chi connectivity index (χ1v) is 8.44. The van der Waals surface area contributed by atoms with E-state index in [0.29, 0.717) is 6.54 Å². The SMILES string of the molecule is CC(C)[C@H]1[C@H](O)[C@H](O)[C@@H](CO)N1Cc1cnn(-c2ccc(F)cc2)c1. The van der Waals surface area contributed by atoms with E-state index in [0.717, 1.165) is 11.3 Å². The van der Waals surface area contributed by atoms with E-state index in [1.54, 1.807) is 23.0 Å². The highest BCUT2D eigenvalue weighted by molar-refractivity contribution is 5.31. The highest BCUT2D eigenvalue weighted by Crippen LogP contribution is 2.31. The summed E-state index contributed by atoms with van der Waals surface area (Å²) >= 11 is 0. The van der Waals surface area contributed by atoms with Gasteiger partial charge in [0.25, 0.3) is 0 Å². The van der Waals surface area contributed by atoms with E-state index < -0.39 is 18.2 Å². The highest BCUT2D eigenvalue weighted by Gasteiger charge is 2.48. The van der Waals surface area contributed by atoms with Gasteiger partial charge in [-0.25, -0.2) is 9.07 Å². The van der Waals surface area contributed by atoms with E-state index >= 15 is 0 Å². The van der Waals surface area contributed by atoms with Gasteiger partial charge in [0.2, 0.25) is 0 Å². The zero-order valence-electron chi connectivity index (χ0n) is 14.3. The molecule has 7 heteroatoms. The Balaban J connectivity index is 1.82. The molecule has 4 atom stereocenters. The topological polar surface area (TPSA) is 81.8 Å². The molecule has 1 aromatic heterocycles. The van der Waals surface area contributed by atoms with E-state index in [9.17, 15) is 19.7 Å². The molecule has 1 saturated heterocycles. The molecule has 0 unspecified atom stereocenters. The first kappa shape index (κ1) is 18.0. The van der Waals surface area contributed by atoms with Gasteiger partial charge >= 0.3 is 0 Å². The van der Waals surface area contributed by atoms with Crippen molar-refractivity contribution in [2.75, 3.05) is 6.61 Å². The van der Waals surface area contributed by atoms with Crippen LogP contribution in [0.15, 0.2) is 36.7 Å². The molecule has 6 nitrogen and oxygen atoms in total. The summed E-state index contributed by atoms with van der Waals surface area (Å²) in [4.78, 5) is 1.94. The third-order valence-electron chi connectivity index (χ3n) is 4.87. The number of hydrogen-bond acceptors (Lipinski definition) is 5. The molecule has 0 amide bonds. The minimum atomic E-state index is -0.982. The summed E-state index contributed by atoms with van der Waals surface area (Å²) in [6, 6.07) is 5.27. The zero-order chi connectivity index (χ0) is 18.1. The summed E-state index contributed by atoms with van der Waals surface area (Å²) in [5, 5.41) is 34.5. The van der Waals surface area contributed by atoms with Crippen molar-refractivity contribution >= 4 is 0 Å². The molecule has 1 aliphatic rings. The van der Waals surface area contributed by atoms with Crippen LogP contribution in [0.25, 0.3) is 5.69 Å². The fourth-order valence-electron chi connectivity index (χ4n) is 3.64. The lowest BCUT2D eigenvalue weighted by atomic mass is 9.98. The summed E-state index contributed by atoms with van der Waals surface area (Å²) in [6.07, 6.45) is 1.65. The molecular weight excluding hydrogens is 325 g/mol. The van der Waals surface area contributed by atoms with Gasteiger partial charge in [-0.3, -0.25) is 4.90 Å². The van der Waals surface area contributed by atoms with Gasteiger partial charge in [-0.05, 0) is 30.2 Å². The van der Waals surface area contributed by atoms with Crippen molar-refractivity contribution < 1.29 is 19.7 Å². The van der Waals surface area contributed by atoms with Gasteiger partial charge in [0.05, 0.1) is 36.7 Å². The van der Waals surface area contributed by atoms with E-state index in [1.807, 2.05) is 24.9 Å². The Hall–Kier alpha value is -1.80. The summed E-state index contributed by atoms with van der Waals surface area (Å²) in [7, 11) is 0. The Kier molecular flexibility index (Phi) is 5.19. The van der Waals surface area contributed by atoms with Crippen LogP contribution in [-0.2, 0) is 6.54 Å². The third-order valence-corrected chi connectivity index (χ3v) is 4.87. The van der Waals surface area contributed by atoms with Crippen molar-refractivity contribution in [1.82, 2.24) is 14.7 Å². The Morgan fingerprint density at radius 2 is 1.84 bits per heavy atom. The average Bonchev–Trinajstić information content (AvgIpc) is 3.12.